The molecule has 2 atom stereocenters. The third kappa shape index (κ3) is 4.70. The van der Waals surface area contributed by atoms with Gasteiger partial charge in [0.15, 0.2) is 0 Å². The summed E-state index contributed by atoms with van der Waals surface area (Å²) in [4.78, 5) is 32.1. The summed E-state index contributed by atoms with van der Waals surface area (Å²) in [7, 11) is 0. The van der Waals surface area contributed by atoms with Crippen LogP contribution in [0.3, 0.4) is 0 Å². The van der Waals surface area contributed by atoms with Crippen LogP contribution in [0.25, 0.3) is 0 Å². The Hall–Kier alpha value is -1.24. The molecule has 0 aromatic carbocycles. The molecule has 0 bridgehead atoms. The minimum Gasteiger partial charge on any atom is -0.370 e. The van der Waals surface area contributed by atoms with E-state index in [1.165, 1.54) is 6.92 Å². The van der Waals surface area contributed by atoms with Crippen molar-refractivity contribution in [1.29, 1.82) is 0 Å². The van der Waals surface area contributed by atoms with E-state index >= 15 is 0 Å². The van der Waals surface area contributed by atoms with E-state index in [-0.39, 0.29) is 6.42 Å². The lowest BCUT2D eigenvalue weighted by Crippen LogP contribution is -2.50. The second-order valence-electron chi connectivity index (χ2n) is 2.82. The first-order chi connectivity index (χ1) is 6.34. The fourth-order valence-electron chi connectivity index (χ4n) is 0.900. The van der Waals surface area contributed by atoms with Crippen molar-refractivity contribution < 1.29 is 14.4 Å². The molecule has 0 saturated carbocycles. The van der Waals surface area contributed by atoms with Crippen molar-refractivity contribution in [3.8, 4) is 0 Å². The van der Waals surface area contributed by atoms with E-state index in [2.05, 4.69) is 17.9 Å². The van der Waals surface area contributed by atoms with E-state index in [1.54, 1.807) is 0 Å². The molecule has 0 radical (unpaired) electrons. The molecule has 5 N–H and O–H groups in total. The van der Waals surface area contributed by atoms with Crippen LogP contribution < -0.4 is 16.8 Å². The Morgan fingerprint density at radius 2 is 1.86 bits per heavy atom. The maximum Gasteiger partial charge on any atom is 0.241 e. The molecule has 0 aromatic rings. The lowest BCUT2D eigenvalue weighted by molar-refractivity contribution is -0.126. The van der Waals surface area contributed by atoms with Crippen molar-refractivity contribution in [2.24, 2.45) is 11.5 Å². The van der Waals surface area contributed by atoms with E-state index in [4.69, 9.17) is 11.5 Å². The molecule has 0 saturated heterocycles. The van der Waals surface area contributed by atoms with Crippen LogP contribution in [0.1, 0.15) is 13.3 Å². The zero-order valence-corrected chi connectivity index (χ0v) is 8.58. The standard InChI is InChI=1S/C7H13N3O3S/c1-3(11)10-6(7(9)13)4(14)2-5(8)12/h4,6,14H,2H2,1H3,(H2,8,12)(H2,9,13)(H,10,11). The number of amides is 3. The topological polar surface area (TPSA) is 115 Å². The molecule has 6 nitrogen and oxygen atoms in total. The summed E-state index contributed by atoms with van der Waals surface area (Å²) in [5, 5.41) is 1.59. The first-order valence-corrected chi connectivity index (χ1v) is 4.39. The maximum atomic E-state index is 10.9. The third-order valence-corrected chi connectivity index (χ3v) is 1.94. The zero-order valence-electron chi connectivity index (χ0n) is 7.69. The van der Waals surface area contributed by atoms with Gasteiger partial charge in [-0.15, -0.1) is 0 Å². The summed E-state index contributed by atoms with van der Waals surface area (Å²) in [6, 6.07) is -0.983. The van der Waals surface area contributed by atoms with Gasteiger partial charge in [0, 0.05) is 18.6 Å². The van der Waals surface area contributed by atoms with Gasteiger partial charge in [-0.2, -0.15) is 12.6 Å². The SMILES string of the molecule is CC(=O)NC(C(N)=O)C(S)CC(N)=O. The molecule has 3 amide bonds. The van der Waals surface area contributed by atoms with E-state index in [0.29, 0.717) is 0 Å². The number of carbonyl (C=O) groups is 3. The van der Waals surface area contributed by atoms with Crippen molar-refractivity contribution in [2.45, 2.75) is 24.6 Å². The predicted molar refractivity (Wildman–Crippen MR) is 53.4 cm³/mol. The van der Waals surface area contributed by atoms with Gasteiger partial charge in [-0.25, -0.2) is 0 Å². The Morgan fingerprint density at radius 1 is 1.36 bits per heavy atom. The van der Waals surface area contributed by atoms with Gasteiger partial charge in [-0.1, -0.05) is 0 Å². The Morgan fingerprint density at radius 3 is 2.14 bits per heavy atom. The number of hydrogen-bond donors (Lipinski definition) is 4. The molecular formula is C7H13N3O3S. The molecule has 0 rings (SSSR count). The monoisotopic (exact) mass is 219 g/mol. The van der Waals surface area contributed by atoms with E-state index in [9.17, 15) is 14.4 Å². The Bertz CT molecular complexity index is 257. The highest BCUT2D eigenvalue weighted by molar-refractivity contribution is 7.81. The van der Waals surface area contributed by atoms with Gasteiger partial charge in [0.05, 0.1) is 0 Å². The van der Waals surface area contributed by atoms with Crippen LogP contribution >= 0.6 is 12.6 Å². The summed E-state index contributed by atoms with van der Waals surface area (Å²) in [5.74, 6) is -1.78. The second-order valence-corrected chi connectivity index (χ2v) is 3.48. The lowest BCUT2D eigenvalue weighted by atomic mass is 10.1. The third-order valence-electron chi connectivity index (χ3n) is 1.46. The smallest absolute Gasteiger partial charge is 0.241 e. The molecule has 0 aliphatic rings. The van der Waals surface area contributed by atoms with Crippen LogP contribution in [-0.4, -0.2) is 29.0 Å². The van der Waals surface area contributed by atoms with Gasteiger partial charge in [-0.05, 0) is 0 Å². The fourth-order valence-corrected chi connectivity index (χ4v) is 1.30. The molecule has 7 heteroatoms. The molecule has 0 fully saturated rings. The number of nitrogens with one attached hydrogen (secondary N) is 1. The molecule has 0 aliphatic heterocycles. The molecule has 0 spiro atoms. The van der Waals surface area contributed by atoms with Gasteiger partial charge in [-0.3, -0.25) is 14.4 Å². The second kappa shape index (κ2) is 5.48. The van der Waals surface area contributed by atoms with Crippen LogP contribution in [0.5, 0.6) is 0 Å². The van der Waals surface area contributed by atoms with Crippen molar-refractivity contribution >= 4 is 30.4 Å². The number of hydrogen-bond acceptors (Lipinski definition) is 4. The normalized spacial score (nSPS) is 14.1. The zero-order chi connectivity index (χ0) is 11.3. The number of rotatable bonds is 5. The molecule has 80 valence electrons. The molecule has 0 heterocycles. The van der Waals surface area contributed by atoms with Crippen LogP contribution in [0.2, 0.25) is 0 Å². The van der Waals surface area contributed by atoms with E-state index in [1.807, 2.05) is 0 Å². The number of primary amides is 2. The number of thiol groups is 1. The fraction of sp³-hybridized carbons (Fsp3) is 0.571. The number of nitrogens with two attached hydrogens (primary N) is 2. The highest BCUT2D eigenvalue weighted by atomic mass is 32.1. The Kier molecular flexibility index (Phi) is 5.00. The predicted octanol–water partition coefficient (Wildman–Crippen LogP) is -1.85. The summed E-state index contributed by atoms with van der Waals surface area (Å²) < 4.78 is 0. The van der Waals surface area contributed by atoms with E-state index in [0.717, 1.165) is 0 Å². The average molecular weight is 219 g/mol. The van der Waals surface area contributed by atoms with Crippen LogP contribution in [0.15, 0.2) is 0 Å². The average Bonchev–Trinajstić information content (AvgIpc) is 1.97. The summed E-state index contributed by atoms with van der Waals surface area (Å²) in [6.07, 6.45) is -0.128. The van der Waals surface area contributed by atoms with Crippen LogP contribution in [0.4, 0.5) is 0 Å². The minimum atomic E-state index is -0.983. The van der Waals surface area contributed by atoms with Gasteiger partial charge in [0.1, 0.15) is 6.04 Å². The molecule has 14 heavy (non-hydrogen) atoms. The molecule has 2 unspecified atom stereocenters. The van der Waals surface area contributed by atoms with Crippen molar-refractivity contribution in [1.82, 2.24) is 5.32 Å². The van der Waals surface area contributed by atoms with Crippen LogP contribution in [0, 0.1) is 0 Å². The van der Waals surface area contributed by atoms with Gasteiger partial charge >= 0.3 is 0 Å². The minimum absolute atomic E-state index is 0.128. The lowest BCUT2D eigenvalue weighted by Gasteiger charge is -2.19. The summed E-state index contributed by atoms with van der Waals surface area (Å²) >= 11 is 3.96. The van der Waals surface area contributed by atoms with Gasteiger partial charge < -0.3 is 16.8 Å². The molecule has 0 aromatic heterocycles. The van der Waals surface area contributed by atoms with Crippen molar-refractivity contribution in [2.75, 3.05) is 0 Å². The molecule has 0 aliphatic carbocycles. The highest BCUT2D eigenvalue weighted by Crippen LogP contribution is 2.06. The molecular weight excluding hydrogens is 206 g/mol. The maximum absolute atomic E-state index is 10.9. The first kappa shape index (κ1) is 12.8. The Labute approximate surface area is 86.8 Å². The highest BCUT2D eigenvalue weighted by Gasteiger charge is 2.25. The first-order valence-electron chi connectivity index (χ1n) is 3.87. The van der Waals surface area contributed by atoms with Gasteiger partial charge in [0.2, 0.25) is 17.7 Å². The van der Waals surface area contributed by atoms with Crippen molar-refractivity contribution in [3.05, 3.63) is 0 Å². The van der Waals surface area contributed by atoms with Crippen LogP contribution in [-0.2, 0) is 14.4 Å². The van der Waals surface area contributed by atoms with E-state index < -0.39 is 29.0 Å². The van der Waals surface area contributed by atoms with Gasteiger partial charge in [0.25, 0.3) is 0 Å². The summed E-state index contributed by atoms with van der Waals surface area (Å²) in [5.41, 5.74) is 9.92. The Balaban J connectivity index is 4.40. The number of carbonyl (C=O) groups excluding carboxylic acids is 3. The quantitative estimate of drug-likeness (QED) is 0.407. The largest absolute Gasteiger partial charge is 0.370 e. The van der Waals surface area contributed by atoms with Crippen molar-refractivity contribution in [3.63, 3.8) is 0 Å². The summed E-state index contributed by atoms with van der Waals surface area (Å²) in [6.45, 7) is 1.24.